The number of benzene rings is 1. The van der Waals surface area contributed by atoms with Crippen LogP contribution >= 0.6 is 0 Å². The van der Waals surface area contributed by atoms with Crippen LogP contribution in [0.5, 0.6) is 0 Å². The van der Waals surface area contributed by atoms with Crippen molar-refractivity contribution in [3.63, 3.8) is 0 Å². The first-order chi connectivity index (χ1) is 13.1. The molecule has 0 unspecified atom stereocenters. The van der Waals surface area contributed by atoms with Gasteiger partial charge in [0.2, 0.25) is 5.91 Å². The molecule has 1 N–H and O–H groups in total. The zero-order chi connectivity index (χ0) is 19.1. The molecule has 1 aliphatic rings. The van der Waals surface area contributed by atoms with E-state index in [4.69, 9.17) is 4.74 Å². The maximum Gasteiger partial charge on any atom is 0.220 e. The minimum Gasteiger partial charge on any atom is -0.378 e. The molecule has 1 aromatic carbocycles. The molecule has 1 amide bonds. The zero-order valence-electron chi connectivity index (χ0n) is 15.6. The summed E-state index contributed by atoms with van der Waals surface area (Å²) >= 11 is 0. The van der Waals surface area contributed by atoms with Crippen molar-refractivity contribution in [2.24, 2.45) is 0 Å². The van der Waals surface area contributed by atoms with E-state index in [1.165, 1.54) is 0 Å². The Kier molecular flexibility index (Phi) is 6.54. The third-order valence-electron chi connectivity index (χ3n) is 4.61. The first-order valence-corrected chi connectivity index (χ1v) is 9.26. The molecule has 27 heavy (non-hydrogen) atoms. The van der Waals surface area contributed by atoms with E-state index in [2.05, 4.69) is 15.2 Å². The standard InChI is InChI=1S/C21H25N3O3/c1-16-4-6-17(7-5-16)19(25)8-9-20(26)23-15-18-3-2-10-22-21(18)24-11-13-27-14-12-24/h2-7,10H,8-9,11-15H2,1H3,(H,23,26). The summed E-state index contributed by atoms with van der Waals surface area (Å²) in [5.41, 5.74) is 2.73. The van der Waals surface area contributed by atoms with E-state index in [0.29, 0.717) is 25.3 Å². The van der Waals surface area contributed by atoms with Crippen molar-refractivity contribution in [2.75, 3.05) is 31.2 Å². The van der Waals surface area contributed by atoms with Crippen molar-refractivity contribution >= 4 is 17.5 Å². The van der Waals surface area contributed by atoms with E-state index < -0.39 is 0 Å². The molecule has 2 heterocycles. The number of aryl methyl sites for hydroxylation is 1. The lowest BCUT2D eigenvalue weighted by Crippen LogP contribution is -2.37. The average Bonchev–Trinajstić information content (AvgIpc) is 2.72. The second-order valence-electron chi connectivity index (χ2n) is 6.65. The summed E-state index contributed by atoms with van der Waals surface area (Å²) in [6, 6.07) is 11.3. The molecule has 3 rings (SSSR count). The normalized spacial score (nSPS) is 14.0. The predicted molar refractivity (Wildman–Crippen MR) is 104 cm³/mol. The number of ketones is 1. The molecular formula is C21H25N3O3. The SMILES string of the molecule is Cc1ccc(C(=O)CCC(=O)NCc2cccnc2N2CCOCC2)cc1. The van der Waals surface area contributed by atoms with Gasteiger partial charge in [0.25, 0.3) is 0 Å². The average molecular weight is 367 g/mol. The van der Waals surface area contributed by atoms with Crippen molar-refractivity contribution < 1.29 is 14.3 Å². The summed E-state index contributed by atoms with van der Waals surface area (Å²) < 4.78 is 5.39. The van der Waals surface area contributed by atoms with Crippen LogP contribution in [0.25, 0.3) is 0 Å². The molecule has 0 bridgehead atoms. The monoisotopic (exact) mass is 367 g/mol. The molecule has 0 radical (unpaired) electrons. The molecule has 142 valence electrons. The Morgan fingerprint density at radius 2 is 1.85 bits per heavy atom. The molecule has 1 saturated heterocycles. The third-order valence-corrected chi connectivity index (χ3v) is 4.61. The minimum atomic E-state index is -0.132. The summed E-state index contributed by atoms with van der Waals surface area (Å²) in [7, 11) is 0. The van der Waals surface area contributed by atoms with Crippen molar-refractivity contribution in [1.29, 1.82) is 0 Å². The first kappa shape index (κ1) is 19.0. The molecule has 1 fully saturated rings. The molecule has 0 saturated carbocycles. The van der Waals surface area contributed by atoms with Crippen LogP contribution in [-0.4, -0.2) is 43.0 Å². The van der Waals surface area contributed by atoms with Crippen LogP contribution in [0.15, 0.2) is 42.6 Å². The number of nitrogens with zero attached hydrogens (tertiary/aromatic N) is 2. The molecule has 1 aliphatic heterocycles. The number of hydrogen-bond acceptors (Lipinski definition) is 5. The number of morpholine rings is 1. The van der Waals surface area contributed by atoms with Crippen LogP contribution in [0.3, 0.4) is 0 Å². The number of amides is 1. The van der Waals surface area contributed by atoms with E-state index in [0.717, 1.165) is 30.0 Å². The number of anilines is 1. The van der Waals surface area contributed by atoms with Crippen molar-refractivity contribution in [3.05, 3.63) is 59.3 Å². The van der Waals surface area contributed by atoms with E-state index >= 15 is 0 Å². The first-order valence-electron chi connectivity index (χ1n) is 9.26. The highest BCUT2D eigenvalue weighted by molar-refractivity contribution is 5.97. The van der Waals surface area contributed by atoms with Gasteiger partial charge in [0, 0.05) is 49.8 Å². The molecule has 6 nitrogen and oxygen atoms in total. The van der Waals surface area contributed by atoms with Gasteiger partial charge in [0.15, 0.2) is 5.78 Å². The molecule has 0 spiro atoms. The van der Waals surface area contributed by atoms with Gasteiger partial charge >= 0.3 is 0 Å². The fourth-order valence-electron chi connectivity index (χ4n) is 3.02. The topological polar surface area (TPSA) is 71.5 Å². The molecule has 2 aromatic rings. The van der Waals surface area contributed by atoms with Crippen molar-refractivity contribution in [2.45, 2.75) is 26.3 Å². The summed E-state index contributed by atoms with van der Waals surface area (Å²) in [6.07, 6.45) is 2.15. The largest absolute Gasteiger partial charge is 0.378 e. The second-order valence-corrected chi connectivity index (χ2v) is 6.65. The van der Waals surface area contributed by atoms with Crippen LogP contribution in [0.2, 0.25) is 0 Å². The van der Waals surface area contributed by atoms with Gasteiger partial charge in [-0.2, -0.15) is 0 Å². The molecular weight excluding hydrogens is 342 g/mol. The third kappa shape index (κ3) is 5.37. The quantitative estimate of drug-likeness (QED) is 0.762. The lowest BCUT2D eigenvalue weighted by atomic mass is 10.0. The lowest BCUT2D eigenvalue weighted by molar-refractivity contribution is -0.121. The Morgan fingerprint density at radius 1 is 1.11 bits per heavy atom. The van der Waals surface area contributed by atoms with E-state index in [-0.39, 0.29) is 24.5 Å². The number of aromatic nitrogens is 1. The van der Waals surface area contributed by atoms with Crippen LogP contribution in [0.4, 0.5) is 5.82 Å². The van der Waals surface area contributed by atoms with Gasteiger partial charge < -0.3 is 15.0 Å². The molecule has 0 aliphatic carbocycles. The number of nitrogens with one attached hydrogen (secondary N) is 1. The summed E-state index contributed by atoms with van der Waals surface area (Å²) in [4.78, 5) is 31.0. The molecule has 1 aromatic heterocycles. The number of carbonyl (C=O) groups excluding carboxylic acids is 2. The Labute approximate surface area is 159 Å². The van der Waals surface area contributed by atoms with Gasteiger partial charge in [0.1, 0.15) is 5.82 Å². The number of rotatable bonds is 7. The summed E-state index contributed by atoms with van der Waals surface area (Å²) in [5, 5.41) is 2.91. The number of hydrogen-bond donors (Lipinski definition) is 1. The van der Waals surface area contributed by atoms with Crippen LogP contribution < -0.4 is 10.2 Å². The summed E-state index contributed by atoms with van der Waals surface area (Å²) in [6.45, 7) is 5.34. The Balaban J connectivity index is 1.50. The van der Waals surface area contributed by atoms with E-state index in [1.54, 1.807) is 18.3 Å². The van der Waals surface area contributed by atoms with Crippen molar-refractivity contribution in [3.8, 4) is 0 Å². The predicted octanol–water partition coefficient (Wildman–Crippen LogP) is 2.51. The summed E-state index contributed by atoms with van der Waals surface area (Å²) in [5.74, 6) is 0.740. The maximum atomic E-state index is 12.2. The Bertz CT molecular complexity index is 784. The van der Waals surface area contributed by atoms with Crippen molar-refractivity contribution in [1.82, 2.24) is 10.3 Å². The van der Waals surface area contributed by atoms with Gasteiger partial charge in [-0.3, -0.25) is 9.59 Å². The fourth-order valence-corrected chi connectivity index (χ4v) is 3.02. The van der Waals surface area contributed by atoms with E-state index in [1.807, 2.05) is 31.2 Å². The van der Waals surface area contributed by atoms with Gasteiger partial charge in [-0.05, 0) is 13.0 Å². The highest BCUT2D eigenvalue weighted by Gasteiger charge is 2.16. The molecule has 6 heteroatoms. The van der Waals surface area contributed by atoms with Gasteiger partial charge in [-0.15, -0.1) is 0 Å². The van der Waals surface area contributed by atoms with Crippen LogP contribution in [0, 0.1) is 6.92 Å². The number of Topliss-reactive ketones (excluding diaryl/α,β-unsaturated/α-hetero) is 1. The van der Waals surface area contributed by atoms with E-state index in [9.17, 15) is 9.59 Å². The number of carbonyl (C=O) groups is 2. The van der Waals surface area contributed by atoms with Crippen LogP contribution in [-0.2, 0) is 16.1 Å². The Hall–Kier alpha value is -2.73. The fraction of sp³-hybridized carbons (Fsp3) is 0.381. The number of ether oxygens (including phenoxy) is 1. The second kappa shape index (κ2) is 9.28. The Morgan fingerprint density at radius 3 is 2.59 bits per heavy atom. The van der Waals surface area contributed by atoms with Gasteiger partial charge in [-0.25, -0.2) is 4.98 Å². The smallest absolute Gasteiger partial charge is 0.220 e. The zero-order valence-corrected chi connectivity index (χ0v) is 15.6. The highest BCUT2D eigenvalue weighted by atomic mass is 16.5. The molecule has 0 atom stereocenters. The number of pyridine rings is 1. The lowest BCUT2D eigenvalue weighted by Gasteiger charge is -2.29. The maximum absolute atomic E-state index is 12.2. The highest BCUT2D eigenvalue weighted by Crippen LogP contribution is 2.18. The minimum absolute atomic E-state index is 0.0134. The van der Waals surface area contributed by atoms with Gasteiger partial charge in [0.05, 0.1) is 13.2 Å². The van der Waals surface area contributed by atoms with Crippen LogP contribution in [0.1, 0.15) is 34.3 Å². The van der Waals surface area contributed by atoms with Gasteiger partial charge in [-0.1, -0.05) is 35.9 Å².